The van der Waals surface area contributed by atoms with Crippen molar-refractivity contribution in [2.24, 2.45) is 0 Å². The van der Waals surface area contributed by atoms with Crippen LogP contribution in [0.1, 0.15) is 6.23 Å². The van der Waals surface area contributed by atoms with Crippen molar-refractivity contribution < 1.29 is 24.4 Å². The number of aliphatic hydroxyl groups excluding tert-OH is 3. The Morgan fingerprint density at radius 2 is 2.05 bits per heavy atom. The first-order valence-electron chi connectivity index (χ1n) is 6.64. The fraction of sp³-hybridized carbons (Fsp3) is 0.583. The van der Waals surface area contributed by atoms with Crippen LogP contribution in [0, 0.1) is 6.08 Å². The molecule has 1 saturated heterocycles. The van der Waals surface area contributed by atoms with Gasteiger partial charge in [-0.05, 0) is 0 Å². The number of aliphatic hydroxyl groups is 3. The molecule has 0 spiro atoms. The van der Waals surface area contributed by atoms with Crippen LogP contribution >= 0.6 is 0 Å². The molecule has 1 fully saturated rings. The van der Waals surface area contributed by atoms with E-state index in [-0.39, 0.29) is 11.5 Å². The molecule has 1 aliphatic heterocycles. The van der Waals surface area contributed by atoms with E-state index in [0.717, 1.165) is 0 Å². The van der Waals surface area contributed by atoms with Crippen LogP contribution in [-0.2, 0) is 4.74 Å². The van der Waals surface area contributed by atoms with E-state index in [1.165, 1.54) is 10.9 Å². The Kier molecular flexibility index (Phi) is 3.68. The summed E-state index contributed by atoms with van der Waals surface area (Å²) < 4.78 is 20.4. The second kappa shape index (κ2) is 5.39. The van der Waals surface area contributed by atoms with Crippen molar-refractivity contribution in [1.82, 2.24) is 19.5 Å². The number of halogens is 1. The third kappa shape index (κ3) is 2.20. The van der Waals surface area contributed by atoms with Gasteiger partial charge in [0.25, 0.3) is 0 Å². The molecule has 0 aliphatic carbocycles. The van der Waals surface area contributed by atoms with E-state index in [0.29, 0.717) is 5.52 Å². The van der Waals surface area contributed by atoms with E-state index in [1.54, 1.807) is 19.0 Å². The third-order valence-corrected chi connectivity index (χ3v) is 3.59. The number of aromatic nitrogens is 4. The van der Waals surface area contributed by atoms with Crippen LogP contribution in [-0.4, -0.2) is 73.9 Å². The average Bonchev–Trinajstić information content (AvgIpc) is 3.00. The molecule has 3 rings (SSSR count). The highest BCUT2D eigenvalue weighted by atomic mass is 19.1. The summed E-state index contributed by atoms with van der Waals surface area (Å²) in [6.07, 6.45) is -4.13. The maximum atomic E-state index is 13.6. The largest absolute Gasteiger partial charge is 0.394 e. The van der Waals surface area contributed by atoms with Gasteiger partial charge in [0, 0.05) is 14.1 Å². The fourth-order valence-electron chi connectivity index (χ4n) is 2.48. The van der Waals surface area contributed by atoms with Gasteiger partial charge in [-0.25, -0.2) is 4.98 Å². The number of fused-ring (bicyclic) bond motifs is 1. The molecule has 22 heavy (non-hydrogen) atoms. The van der Waals surface area contributed by atoms with E-state index in [9.17, 15) is 14.6 Å². The molecule has 3 heterocycles. The second-order valence-electron chi connectivity index (χ2n) is 5.26. The Morgan fingerprint density at radius 3 is 2.64 bits per heavy atom. The minimum Gasteiger partial charge on any atom is -0.394 e. The van der Waals surface area contributed by atoms with Crippen LogP contribution in [0.4, 0.5) is 10.2 Å². The summed E-state index contributed by atoms with van der Waals surface area (Å²) in [5.74, 6) is 0.285. The molecule has 3 N–H and O–H groups in total. The van der Waals surface area contributed by atoms with E-state index < -0.39 is 37.2 Å². The topological polar surface area (TPSA) is 117 Å². The summed E-state index contributed by atoms with van der Waals surface area (Å²) in [6, 6.07) is 0. The Balaban J connectivity index is 2.09. The lowest BCUT2D eigenvalue weighted by atomic mass is 10.1. The van der Waals surface area contributed by atoms with Crippen molar-refractivity contribution in [1.29, 1.82) is 0 Å². The van der Waals surface area contributed by atoms with Crippen LogP contribution in [0.2, 0.25) is 0 Å². The van der Waals surface area contributed by atoms with E-state index in [1.807, 2.05) is 0 Å². The Morgan fingerprint density at radius 1 is 1.32 bits per heavy atom. The van der Waals surface area contributed by atoms with Gasteiger partial charge in [-0.2, -0.15) is 14.4 Å². The average molecular weight is 313 g/mol. The monoisotopic (exact) mass is 313 g/mol. The summed E-state index contributed by atoms with van der Waals surface area (Å²) in [5, 5.41) is 29.0. The zero-order chi connectivity index (χ0) is 16.0. The SMILES string of the molecule is CN(C)c1nc(F)nc2c1ncn2[C@@H]1O[C@H](CO)[C@@H](O)[C@H]1O. The lowest BCUT2D eigenvalue weighted by Gasteiger charge is -2.17. The number of rotatable bonds is 3. The quantitative estimate of drug-likeness (QED) is 0.595. The van der Waals surface area contributed by atoms with Crippen LogP contribution < -0.4 is 4.90 Å². The molecule has 0 radical (unpaired) electrons. The molecule has 0 amide bonds. The zero-order valence-corrected chi connectivity index (χ0v) is 12.0. The lowest BCUT2D eigenvalue weighted by molar-refractivity contribution is -0.0511. The highest BCUT2D eigenvalue weighted by Gasteiger charge is 2.44. The molecule has 10 heteroatoms. The fourth-order valence-corrected chi connectivity index (χ4v) is 2.48. The van der Waals surface area contributed by atoms with Crippen molar-refractivity contribution in [3.8, 4) is 0 Å². The number of hydrogen-bond acceptors (Lipinski definition) is 8. The summed E-state index contributed by atoms with van der Waals surface area (Å²) >= 11 is 0. The van der Waals surface area contributed by atoms with Gasteiger partial charge in [0.15, 0.2) is 23.2 Å². The maximum Gasteiger partial charge on any atom is 0.312 e. The van der Waals surface area contributed by atoms with Crippen molar-refractivity contribution in [3.63, 3.8) is 0 Å². The molecule has 0 saturated carbocycles. The standard InChI is InChI=1S/C12H16FN5O4/c1-17(2)9-6-10(16-12(13)15-9)18(4-14-6)11-8(21)7(20)5(3-19)22-11/h4-5,7-8,11,19-21H,3H2,1-2H3/t5-,7-,8-,11-/m1/s1. The Hall–Kier alpha value is -1.88. The van der Waals surface area contributed by atoms with Gasteiger partial charge in [0.1, 0.15) is 18.3 Å². The van der Waals surface area contributed by atoms with Gasteiger partial charge >= 0.3 is 6.08 Å². The zero-order valence-electron chi connectivity index (χ0n) is 12.0. The maximum absolute atomic E-state index is 13.6. The van der Waals surface area contributed by atoms with Crippen LogP contribution in [0.5, 0.6) is 0 Å². The molecule has 0 unspecified atom stereocenters. The van der Waals surface area contributed by atoms with Gasteiger partial charge in [-0.3, -0.25) is 4.57 Å². The number of nitrogens with zero attached hydrogens (tertiary/aromatic N) is 5. The molecule has 9 nitrogen and oxygen atoms in total. The second-order valence-corrected chi connectivity index (χ2v) is 5.26. The highest BCUT2D eigenvalue weighted by molar-refractivity contribution is 5.83. The molecule has 2 aromatic heterocycles. The third-order valence-electron chi connectivity index (χ3n) is 3.59. The predicted molar refractivity (Wildman–Crippen MR) is 72.6 cm³/mol. The van der Waals surface area contributed by atoms with Crippen LogP contribution in [0.3, 0.4) is 0 Å². The van der Waals surface area contributed by atoms with Crippen molar-refractivity contribution in [2.45, 2.75) is 24.5 Å². The first-order chi connectivity index (χ1) is 10.4. The van der Waals surface area contributed by atoms with Crippen molar-refractivity contribution in [3.05, 3.63) is 12.4 Å². The van der Waals surface area contributed by atoms with Crippen LogP contribution in [0.25, 0.3) is 11.2 Å². The molecule has 0 bridgehead atoms. The lowest BCUT2D eigenvalue weighted by Crippen LogP contribution is -2.33. The van der Waals surface area contributed by atoms with Gasteiger partial charge < -0.3 is 25.0 Å². The number of anilines is 1. The predicted octanol–water partition coefficient (Wildman–Crippen LogP) is -1.36. The van der Waals surface area contributed by atoms with Gasteiger partial charge in [-0.15, -0.1) is 0 Å². The summed E-state index contributed by atoms with van der Waals surface area (Å²) in [6.45, 7) is -0.451. The molecule has 2 aromatic rings. The number of imidazole rings is 1. The summed E-state index contributed by atoms with van der Waals surface area (Å²) in [7, 11) is 3.37. The molecule has 1 aliphatic rings. The van der Waals surface area contributed by atoms with E-state index in [4.69, 9.17) is 9.84 Å². The van der Waals surface area contributed by atoms with Gasteiger partial charge in [0.2, 0.25) is 0 Å². The molecule has 4 atom stereocenters. The van der Waals surface area contributed by atoms with Crippen LogP contribution in [0.15, 0.2) is 6.33 Å². The minimum absolute atomic E-state index is 0.131. The van der Waals surface area contributed by atoms with E-state index >= 15 is 0 Å². The first kappa shape index (κ1) is 15.0. The normalized spacial score (nSPS) is 28.5. The Bertz CT molecular complexity index is 693. The number of ether oxygens (including phenoxy) is 1. The minimum atomic E-state index is -1.30. The first-order valence-corrected chi connectivity index (χ1v) is 6.64. The molecule has 120 valence electrons. The smallest absolute Gasteiger partial charge is 0.312 e. The van der Waals surface area contributed by atoms with Crippen molar-refractivity contribution >= 4 is 17.0 Å². The molecular formula is C12H16FN5O4. The summed E-state index contributed by atoms with van der Waals surface area (Å²) in [5.41, 5.74) is 0.468. The Labute approximate surface area is 124 Å². The van der Waals surface area contributed by atoms with Crippen molar-refractivity contribution in [2.75, 3.05) is 25.6 Å². The molecule has 0 aromatic carbocycles. The number of hydrogen-bond donors (Lipinski definition) is 3. The highest BCUT2D eigenvalue weighted by Crippen LogP contribution is 2.32. The molecular weight excluding hydrogens is 297 g/mol. The van der Waals surface area contributed by atoms with E-state index in [2.05, 4.69) is 15.0 Å². The van der Waals surface area contributed by atoms with Gasteiger partial charge in [-0.1, -0.05) is 0 Å². The summed E-state index contributed by atoms with van der Waals surface area (Å²) in [4.78, 5) is 13.1. The van der Waals surface area contributed by atoms with Gasteiger partial charge in [0.05, 0.1) is 12.9 Å².